The summed E-state index contributed by atoms with van der Waals surface area (Å²) in [5, 5.41) is 0. The van der Waals surface area contributed by atoms with Gasteiger partial charge in [0.05, 0.1) is 6.67 Å². The predicted molar refractivity (Wildman–Crippen MR) is 94.2 cm³/mol. The van der Waals surface area contributed by atoms with Crippen LogP contribution in [0.1, 0.15) is 90.9 Å². The lowest BCUT2D eigenvalue weighted by Gasteiger charge is -2.21. The second kappa shape index (κ2) is 13.0. The highest BCUT2D eigenvalue weighted by Gasteiger charge is 2.10. The molecule has 1 rings (SSSR count). The van der Waals surface area contributed by atoms with E-state index in [0.717, 1.165) is 6.67 Å². The maximum atomic E-state index is 2.48. The molecule has 0 atom stereocenters. The van der Waals surface area contributed by atoms with Gasteiger partial charge < -0.3 is 9.80 Å². The monoisotopic (exact) mass is 294 g/mol. The molecule has 2 nitrogen and oxygen atoms in total. The summed E-state index contributed by atoms with van der Waals surface area (Å²) in [4.78, 5) is 4.94. The second-order valence-corrected chi connectivity index (χ2v) is 6.60. The summed E-state index contributed by atoms with van der Waals surface area (Å²) >= 11 is 0. The van der Waals surface area contributed by atoms with E-state index >= 15 is 0 Å². The summed E-state index contributed by atoms with van der Waals surface area (Å²) in [5.41, 5.74) is 0. The molecule has 0 bridgehead atoms. The van der Waals surface area contributed by atoms with E-state index in [0.29, 0.717) is 0 Å². The minimum atomic E-state index is 1.13. The molecule has 1 heterocycles. The maximum Gasteiger partial charge on any atom is 0.0893 e. The first kappa shape index (κ1) is 18.4. The molecule has 0 aromatic heterocycles. The number of nitrogens with zero attached hydrogens (tertiary/aromatic N) is 2. The molecule has 0 spiro atoms. The molecule has 0 saturated carbocycles. The fraction of sp³-hybridized carbons (Fsp3) is 0.895. The van der Waals surface area contributed by atoms with Crippen LogP contribution in [0.15, 0.2) is 12.4 Å². The highest BCUT2D eigenvalue weighted by Crippen LogP contribution is 2.12. The molecule has 0 N–H and O–H groups in total. The average molecular weight is 295 g/mol. The van der Waals surface area contributed by atoms with Gasteiger partial charge in [0.2, 0.25) is 0 Å². The molecule has 0 aromatic rings. The van der Waals surface area contributed by atoms with Gasteiger partial charge in [-0.15, -0.1) is 0 Å². The molecule has 0 unspecified atom stereocenters. The summed E-state index contributed by atoms with van der Waals surface area (Å²) in [5.74, 6) is 0. The summed E-state index contributed by atoms with van der Waals surface area (Å²) < 4.78 is 0. The Hall–Kier alpha value is -0.660. The SMILES string of the molecule is CCCCCCCCCCCN1C=CN(CCCCC)C1. The van der Waals surface area contributed by atoms with E-state index in [-0.39, 0.29) is 0 Å². The van der Waals surface area contributed by atoms with Crippen molar-refractivity contribution in [1.29, 1.82) is 0 Å². The summed E-state index contributed by atoms with van der Waals surface area (Å²) in [6.07, 6.45) is 21.4. The van der Waals surface area contributed by atoms with E-state index in [4.69, 9.17) is 0 Å². The fourth-order valence-electron chi connectivity index (χ4n) is 3.00. The Kier molecular flexibility index (Phi) is 11.4. The standard InChI is InChI=1S/C19H38N2/c1-3-5-7-8-9-10-11-12-14-16-21-18-17-20(19-21)15-13-6-4-2/h17-18H,3-16,19H2,1-2H3. The van der Waals surface area contributed by atoms with E-state index in [1.54, 1.807) is 0 Å². The first-order chi connectivity index (χ1) is 10.4. The molecule has 0 aliphatic carbocycles. The van der Waals surface area contributed by atoms with E-state index < -0.39 is 0 Å². The van der Waals surface area contributed by atoms with Crippen LogP contribution in [-0.4, -0.2) is 29.6 Å². The van der Waals surface area contributed by atoms with Crippen LogP contribution in [0.5, 0.6) is 0 Å². The molecule has 0 saturated heterocycles. The Morgan fingerprint density at radius 3 is 1.48 bits per heavy atom. The second-order valence-electron chi connectivity index (χ2n) is 6.60. The number of rotatable bonds is 14. The Morgan fingerprint density at radius 2 is 0.952 bits per heavy atom. The van der Waals surface area contributed by atoms with Gasteiger partial charge in [0.25, 0.3) is 0 Å². The van der Waals surface area contributed by atoms with Crippen molar-refractivity contribution in [2.75, 3.05) is 19.8 Å². The van der Waals surface area contributed by atoms with Crippen molar-refractivity contribution in [2.45, 2.75) is 90.9 Å². The van der Waals surface area contributed by atoms with Crippen LogP contribution in [-0.2, 0) is 0 Å². The van der Waals surface area contributed by atoms with Gasteiger partial charge in [-0.2, -0.15) is 0 Å². The lowest BCUT2D eigenvalue weighted by molar-refractivity contribution is 0.257. The summed E-state index contributed by atoms with van der Waals surface area (Å²) in [6, 6.07) is 0. The fourth-order valence-corrected chi connectivity index (χ4v) is 3.00. The smallest absolute Gasteiger partial charge is 0.0893 e. The number of hydrogen-bond acceptors (Lipinski definition) is 2. The van der Waals surface area contributed by atoms with Crippen LogP contribution in [0.25, 0.3) is 0 Å². The number of hydrogen-bond donors (Lipinski definition) is 0. The molecule has 21 heavy (non-hydrogen) atoms. The molecular formula is C19H38N2. The van der Waals surface area contributed by atoms with Gasteiger partial charge in [-0.25, -0.2) is 0 Å². The van der Waals surface area contributed by atoms with Crippen molar-refractivity contribution in [2.24, 2.45) is 0 Å². The van der Waals surface area contributed by atoms with Gasteiger partial charge in [0.1, 0.15) is 0 Å². The van der Waals surface area contributed by atoms with Crippen molar-refractivity contribution < 1.29 is 0 Å². The van der Waals surface area contributed by atoms with Crippen molar-refractivity contribution in [3.8, 4) is 0 Å². The third kappa shape index (κ3) is 9.82. The first-order valence-corrected chi connectivity index (χ1v) is 9.53. The highest BCUT2D eigenvalue weighted by molar-refractivity contribution is 4.90. The maximum absolute atomic E-state index is 2.48. The molecule has 124 valence electrons. The van der Waals surface area contributed by atoms with E-state index in [1.807, 2.05) is 0 Å². The van der Waals surface area contributed by atoms with Gasteiger partial charge in [0.15, 0.2) is 0 Å². The zero-order valence-corrected chi connectivity index (χ0v) is 14.7. The molecular weight excluding hydrogens is 256 g/mol. The normalized spacial score (nSPS) is 14.4. The zero-order valence-electron chi connectivity index (χ0n) is 14.7. The predicted octanol–water partition coefficient (Wildman–Crippen LogP) is 5.75. The molecule has 1 aliphatic heterocycles. The van der Waals surface area contributed by atoms with Crippen molar-refractivity contribution >= 4 is 0 Å². The topological polar surface area (TPSA) is 6.48 Å². The summed E-state index contributed by atoms with van der Waals surface area (Å²) in [7, 11) is 0. The van der Waals surface area contributed by atoms with E-state index in [2.05, 4.69) is 36.0 Å². The molecule has 0 aromatic carbocycles. The van der Waals surface area contributed by atoms with Crippen LogP contribution in [0.3, 0.4) is 0 Å². The first-order valence-electron chi connectivity index (χ1n) is 9.53. The minimum absolute atomic E-state index is 1.13. The average Bonchev–Trinajstić information content (AvgIpc) is 2.94. The molecule has 2 heteroatoms. The lowest BCUT2D eigenvalue weighted by Crippen LogP contribution is -2.26. The molecule has 0 radical (unpaired) electrons. The van der Waals surface area contributed by atoms with Crippen LogP contribution in [0.4, 0.5) is 0 Å². The van der Waals surface area contributed by atoms with Gasteiger partial charge in [0, 0.05) is 25.5 Å². The molecule has 0 fully saturated rings. The summed E-state index contributed by atoms with van der Waals surface area (Å²) in [6.45, 7) is 8.17. The van der Waals surface area contributed by atoms with Crippen molar-refractivity contribution in [3.05, 3.63) is 12.4 Å². The molecule has 1 aliphatic rings. The Morgan fingerprint density at radius 1 is 0.571 bits per heavy atom. The van der Waals surface area contributed by atoms with Crippen LogP contribution >= 0.6 is 0 Å². The minimum Gasteiger partial charge on any atom is -0.359 e. The van der Waals surface area contributed by atoms with Crippen molar-refractivity contribution in [1.82, 2.24) is 9.80 Å². The third-order valence-electron chi connectivity index (χ3n) is 4.45. The Labute approximate surface area is 133 Å². The largest absolute Gasteiger partial charge is 0.359 e. The quantitative estimate of drug-likeness (QED) is 0.376. The van der Waals surface area contributed by atoms with Crippen LogP contribution in [0.2, 0.25) is 0 Å². The zero-order chi connectivity index (χ0) is 15.2. The van der Waals surface area contributed by atoms with E-state index in [1.165, 1.54) is 90.1 Å². The highest BCUT2D eigenvalue weighted by atomic mass is 15.3. The molecule has 0 amide bonds. The number of unbranched alkanes of at least 4 members (excludes halogenated alkanes) is 10. The van der Waals surface area contributed by atoms with Gasteiger partial charge in [-0.05, 0) is 12.8 Å². The van der Waals surface area contributed by atoms with Gasteiger partial charge >= 0.3 is 0 Å². The van der Waals surface area contributed by atoms with Gasteiger partial charge in [-0.1, -0.05) is 78.1 Å². The van der Waals surface area contributed by atoms with Gasteiger partial charge in [-0.3, -0.25) is 0 Å². The van der Waals surface area contributed by atoms with E-state index in [9.17, 15) is 0 Å². The van der Waals surface area contributed by atoms with Crippen LogP contribution < -0.4 is 0 Å². The Balaban J connectivity index is 1.85. The van der Waals surface area contributed by atoms with Crippen LogP contribution in [0, 0.1) is 0 Å². The lowest BCUT2D eigenvalue weighted by atomic mass is 10.1. The Bertz CT molecular complexity index is 250. The third-order valence-corrected chi connectivity index (χ3v) is 4.45. The van der Waals surface area contributed by atoms with Crippen molar-refractivity contribution in [3.63, 3.8) is 0 Å².